The SMILES string of the molecule is CCNCC.COCCOC. The van der Waals surface area contributed by atoms with Crippen molar-refractivity contribution in [3.05, 3.63) is 0 Å². The van der Waals surface area contributed by atoms with Gasteiger partial charge in [0, 0.05) is 14.2 Å². The number of ether oxygens (including phenoxy) is 2. The molecule has 0 spiro atoms. The molecular formula is C8H21NO2. The van der Waals surface area contributed by atoms with Crippen molar-refractivity contribution >= 4 is 0 Å². The van der Waals surface area contributed by atoms with Crippen LogP contribution in [0.2, 0.25) is 0 Å². The average Bonchev–Trinajstić information content (AvgIpc) is 2.04. The second kappa shape index (κ2) is 16.5. The van der Waals surface area contributed by atoms with Gasteiger partial charge in [-0.3, -0.25) is 0 Å². The molecule has 0 fully saturated rings. The van der Waals surface area contributed by atoms with Gasteiger partial charge in [0.2, 0.25) is 0 Å². The van der Waals surface area contributed by atoms with Gasteiger partial charge in [-0.05, 0) is 13.1 Å². The van der Waals surface area contributed by atoms with Gasteiger partial charge in [-0.1, -0.05) is 13.8 Å². The molecule has 0 radical (unpaired) electrons. The summed E-state index contributed by atoms with van der Waals surface area (Å²) in [6.07, 6.45) is 0. The Labute approximate surface area is 70.1 Å². The van der Waals surface area contributed by atoms with Gasteiger partial charge in [-0.15, -0.1) is 0 Å². The molecule has 0 aliphatic rings. The third-order valence-corrected chi connectivity index (χ3v) is 0.992. The summed E-state index contributed by atoms with van der Waals surface area (Å²) in [5, 5.41) is 3.11. The van der Waals surface area contributed by atoms with Crippen LogP contribution in [0.25, 0.3) is 0 Å². The second-order valence-electron chi connectivity index (χ2n) is 1.94. The fourth-order valence-electron chi connectivity index (χ4n) is 0.417. The summed E-state index contributed by atoms with van der Waals surface area (Å²) in [6.45, 7) is 7.77. The molecule has 0 bridgehead atoms. The van der Waals surface area contributed by atoms with Crippen LogP contribution in [0.4, 0.5) is 0 Å². The van der Waals surface area contributed by atoms with Crippen molar-refractivity contribution in [2.45, 2.75) is 13.8 Å². The predicted molar refractivity (Wildman–Crippen MR) is 48.0 cm³/mol. The lowest BCUT2D eigenvalue weighted by Gasteiger charge is -1.91. The quantitative estimate of drug-likeness (QED) is 0.611. The molecule has 0 saturated carbocycles. The summed E-state index contributed by atoms with van der Waals surface area (Å²) in [5.74, 6) is 0. The van der Waals surface area contributed by atoms with Crippen LogP contribution in [0.5, 0.6) is 0 Å². The molecule has 0 aliphatic heterocycles. The number of hydrogen-bond donors (Lipinski definition) is 1. The van der Waals surface area contributed by atoms with E-state index in [1.165, 1.54) is 0 Å². The zero-order valence-electron chi connectivity index (χ0n) is 8.14. The highest BCUT2D eigenvalue weighted by Crippen LogP contribution is 1.65. The lowest BCUT2D eigenvalue weighted by Crippen LogP contribution is -2.09. The maximum Gasteiger partial charge on any atom is 0.0696 e. The van der Waals surface area contributed by atoms with Crippen molar-refractivity contribution in [1.29, 1.82) is 0 Å². The molecule has 0 aromatic carbocycles. The van der Waals surface area contributed by atoms with E-state index in [1.807, 2.05) is 0 Å². The molecule has 1 N–H and O–H groups in total. The maximum atomic E-state index is 4.66. The Bertz CT molecular complexity index is 45.4. The van der Waals surface area contributed by atoms with E-state index < -0.39 is 0 Å². The fourth-order valence-corrected chi connectivity index (χ4v) is 0.417. The van der Waals surface area contributed by atoms with Crippen molar-refractivity contribution in [3.8, 4) is 0 Å². The standard InChI is InChI=1S/C4H11N.C4H10O2/c1-3-5-4-2;1-5-3-4-6-2/h5H,3-4H2,1-2H3;3-4H2,1-2H3. The molecule has 0 aromatic rings. The lowest BCUT2D eigenvalue weighted by atomic mass is 10.7. The third kappa shape index (κ3) is 25.8. The van der Waals surface area contributed by atoms with E-state index in [9.17, 15) is 0 Å². The highest BCUT2D eigenvalue weighted by atomic mass is 16.5. The zero-order valence-corrected chi connectivity index (χ0v) is 8.14. The molecule has 0 atom stereocenters. The Hall–Kier alpha value is -0.120. The van der Waals surface area contributed by atoms with E-state index in [1.54, 1.807) is 14.2 Å². The molecule has 0 saturated heterocycles. The minimum atomic E-state index is 0.691. The number of hydrogen-bond acceptors (Lipinski definition) is 3. The van der Waals surface area contributed by atoms with Crippen molar-refractivity contribution < 1.29 is 9.47 Å². The molecule has 0 aromatic heterocycles. The molecule has 0 heterocycles. The van der Waals surface area contributed by atoms with E-state index >= 15 is 0 Å². The average molecular weight is 163 g/mol. The maximum absolute atomic E-state index is 4.66. The topological polar surface area (TPSA) is 30.5 Å². The summed E-state index contributed by atoms with van der Waals surface area (Å²) < 4.78 is 9.31. The van der Waals surface area contributed by atoms with Gasteiger partial charge < -0.3 is 14.8 Å². The first kappa shape index (κ1) is 13.5. The van der Waals surface area contributed by atoms with Crippen LogP contribution < -0.4 is 5.32 Å². The summed E-state index contributed by atoms with van der Waals surface area (Å²) >= 11 is 0. The Kier molecular flexibility index (Phi) is 20.2. The summed E-state index contributed by atoms with van der Waals surface area (Å²) in [5.41, 5.74) is 0. The minimum Gasteiger partial charge on any atom is -0.382 e. The molecule has 0 unspecified atom stereocenters. The second-order valence-corrected chi connectivity index (χ2v) is 1.94. The Morgan fingerprint density at radius 1 is 0.909 bits per heavy atom. The molecule has 0 rings (SSSR count). The van der Waals surface area contributed by atoms with Crippen LogP contribution in [0, 0.1) is 0 Å². The first-order chi connectivity index (χ1) is 5.33. The van der Waals surface area contributed by atoms with E-state index in [4.69, 9.17) is 0 Å². The van der Waals surface area contributed by atoms with Gasteiger partial charge >= 0.3 is 0 Å². The molecule has 3 heteroatoms. The van der Waals surface area contributed by atoms with Crippen LogP contribution >= 0.6 is 0 Å². The zero-order chi connectivity index (χ0) is 8.95. The molecule has 0 aliphatic carbocycles. The minimum absolute atomic E-state index is 0.691. The van der Waals surface area contributed by atoms with Crippen molar-refractivity contribution in [2.24, 2.45) is 0 Å². The van der Waals surface area contributed by atoms with Gasteiger partial charge in [0.05, 0.1) is 13.2 Å². The summed E-state index contributed by atoms with van der Waals surface area (Å²) in [4.78, 5) is 0. The lowest BCUT2D eigenvalue weighted by molar-refractivity contribution is 0.103. The van der Waals surface area contributed by atoms with Gasteiger partial charge in [0.1, 0.15) is 0 Å². The molecular weight excluding hydrogens is 142 g/mol. The number of methoxy groups -OCH3 is 2. The van der Waals surface area contributed by atoms with Crippen LogP contribution in [-0.4, -0.2) is 40.5 Å². The Morgan fingerprint density at radius 2 is 1.27 bits per heavy atom. The van der Waals surface area contributed by atoms with Crippen molar-refractivity contribution in [2.75, 3.05) is 40.5 Å². The molecule has 11 heavy (non-hydrogen) atoms. The normalized spacial score (nSPS) is 8.73. The number of rotatable bonds is 5. The van der Waals surface area contributed by atoms with E-state index in [0.717, 1.165) is 13.1 Å². The Morgan fingerprint density at radius 3 is 1.36 bits per heavy atom. The predicted octanol–water partition coefficient (Wildman–Crippen LogP) is 0.895. The van der Waals surface area contributed by atoms with E-state index in [2.05, 4.69) is 28.6 Å². The summed E-state index contributed by atoms with van der Waals surface area (Å²) in [7, 11) is 3.30. The first-order valence-electron chi connectivity index (χ1n) is 4.02. The van der Waals surface area contributed by atoms with Gasteiger partial charge in [-0.2, -0.15) is 0 Å². The van der Waals surface area contributed by atoms with E-state index in [0.29, 0.717) is 13.2 Å². The van der Waals surface area contributed by atoms with Crippen LogP contribution in [0.15, 0.2) is 0 Å². The molecule has 0 amide bonds. The van der Waals surface area contributed by atoms with Gasteiger partial charge in [0.25, 0.3) is 0 Å². The highest BCUT2D eigenvalue weighted by molar-refractivity contribution is 4.27. The molecule has 3 nitrogen and oxygen atoms in total. The van der Waals surface area contributed by atoms with Crippen molar-refractivity contribution in [1.82, 2.24) is 5.32 Å². The van der Waals surface area contributed by atoms with Gasteiger partial charge in [-0.25, -0.2) is 0 Å². The number of nitrogens with one attached hydrogen (secondary N) is 1. The van der Waals surface area contributed by atoms with Crippen molar-refractivity contribution in [3.63, 3.8) is 0 Å². The first-order valence-corrected chi connectivity index (χ1v) is 4.02. The smallest absolute Gasteiger partial charge is 0.0696 e. The Balaban J connectivity index is 0. The van der Waals surface area contributed by atoms with Crippen LogP contribution in [0.1, 0.15) is 13.8 Å². The van der Waals surface area contributed by atoms with Gasteiger partial charge in [0.15, 0.2) is 0 Å². The monoisotopic (exact) mass is 163 g/mol. The highest BCUT2D eigenvalue weighted by Gasteiger charge is 1.73. The fraction of sp³-hybridized carbons (Fsp3) is 1.00. The summed E-state index contributed by atoms with van der Waals surface area (Å²) in [6, 6.07) is 0. The van der Waals surface area contributed by atoms with Crippen LogP contribution in [0.3, 0.4) is 0 Å². The van der Waals surface area contributed by atoms with Crippen LogP contribution in [-0.2, 0) is 9.47 Å². The third-order valence-electron chi connectivity index (χ3n) is 0.992. The molecule has 70 valence electrons. The largest absolute Gasteiger partial charge is 0.382 e. The van der Waals surface area contributed by atoms with E-state index in [-0.39, 0.29) is 0 Å².